The molecule has 4 heterocycles. The normalized spacial score (nSPS) is 11.8. The second kappa shape index (κ2) is 17.8. The number of fused-ring (bicyclic) bond motifs is 3. The SMILES string of the molecule is c1ccc([Si](c2ccccc2)(c2cccc(-c3ccccn3)c2)c2ccc3c4ccc([Si](c5ccccc5)(c5ccccc5)c5cccc(-c6ccccn6)c5)cc4n(-c4nncnn4)c3c2)cc1. The van der Waals surface area contributed by atoms with Crippen molar-refractivity contribution in [3.05, 3.63) is 261 Å². The summed E-state index contributed by atoms with van der Waals surface area (Å²) in [5, 5.41) is 30.2. The van der Waals surface area contributed by atoms with Crippen molar-refractivity contribution in [2.75, 3.05) is 0 Å². The first-order chi connectivity index (χ1) is 34.2. The van der Waals surface area contributed by atoms with E-state index in [9.17, 15) is 0 Å². The summed E-state index contributed by atoms with van der Waals surface area (Å²) < 4.78 is 2.18. The standard InChI is InChI=1S/C60H43N7Si2/c1-5-21-46(22-6-1)68(47-23-7-2-8-24-47,50-29-17-19-44(39-50)56-31-13-15-37-61-56)52-33-35-54-55-36-34-53(42-59(55)67(58(54)41-52)60-65-63-43-64-66-60)69(48-25-9-3-10-26-48,49-27-11-4-12-28-49)51-30-18-20-45(40-51)57-32-14-16-38-62-57/h1-43H. The van der Waals surface area contributed by atoms with Crippen LogP contribution in [-0.2, 0) is 0 Å². The Morgan fingerprint density at radius 2 is 0.667 bits per heavy atom. The van der Waals surface area contributed by atoms with E-state index >= 15 is 0 Å². The molecule has 0 unspecified atom stereocenters. The zero-order chi connectivity index (χ0) is 46.0. The summed E-state index contributed by atoms with van der Waals surface area (Å²) >= 11 is 0. The summed E-state index contributed by atoms with van der Waals surface area (Å²) in [6, 6.07) is 88.4. The van der Waals surface area contributed by atoms with Gasteiger partial charge < -0.3 is 0 Å². The predicted molar refractivity (Wildman–Crippen MR) is 286 cm³/mol. The van der Waals surface area contributed by atoms with Crippen LogP contribution >= 0.6 is 0 Å². The maximum atomic E-state index is 4.79. The van der Waals surface area contributed by atoms with Gasteiger partial charge in [0.1, 0.15) is 0 Å². The van der Waals surface area contributed by atoms with Crippen LogP contribution in [0.5, 0.6) is 0 Å². The van der Waals surface area contributed by atoms with E-state index in [4.69, 9.17) is 20.2 Å². The molecule has 0 aliphatic rings. The average molecular weight is 918 g/mol. The van der Waals surface area contributed by atoms with Crippen molar-refractivity contribution < 1.29 is 0 Å². The molecular formula is C60H43N7Si2. The third-order valence-corrected chi connectivity index (χ3v) is 23.1. The molecule has 0 spiro atoms. The second-order valence-corrected chi connectivity index (χ2v) is 24.8. The highest BCUT2D eigenvalue weighted by Gasteiger charge is 2.44. The summed E-state index contributed by atoms with van der Waals surface area (Å²) in [5.74, 6) is 0.402. The fraction of sp³-hybridized carbons (Fsp3) is 0. The molecule has 9 heteroatoms. The molecule has 326 valence electrons. The predicted octanol–water partition coefficient (Wildman–Crippen LogP) is 7.24. The van der Waals surface area contributed by atoms with E-state index in [1.807, 2.05) is 36.7 Å². The van der Waals surface area contributed by atoms with Gasteiger partial charge in [0, 0.05) is 34.3 Å². The molecule has 0 saturated heterocycles. The van der Waals surface area contributed by atoms with Crippen LogP contribution in [0.3, 0.4) is 0 Å². The molecule has 12 aromatic rings. The number of hydrogen-bond donors (Lipinski definition) is 0. The van der Waals surface area contributed by atoms with Crippen molar-refractivity contribution in [3.63, 3.8) is 0 Å². The fourth-order valence-electron chi connectivity index (χ4n) is 10.6. The highest BCUT2D eigenvalue weighted by Crippen LogP contribution is 2.31. The lowest BCUT2D eigenvalue weighted by molar-refractivity contribution is 0.801. The average Bonchev–Trinajstić information content (AvgIpc) is 3.76. The molecule has 8 aromatic carbocycles. The van der Waals surface area contributed by atoms with E-state index in [2.05, 4.69) is 233 Å². The first-order valence-electron chi connectivity index (χ1n) is 23.1. The van der Waals surface area contributed by atoms with Crippen molar-refractivity contribution >= 4 is 79.4 Å². The van der Waals surface area contributed by atoms with Crippen LogP contribution in [0.25, 0.3) is 50.3 Å². The summed E-state index contributed by atoms with van der Waals surface area (Å²) in [6.45, 7) is 0. The molecule has 0 amide bonds. The molecule has 0 aliphatic carbocycles. The Morgan fingerprint density at radius 1 is 0.304 bits per heavy atom. The van der Waals surface area contributed by atoms with E-state index < -0.39 is 16.1 Å². The summed E-state index contributed by atoms with van der Waals surface area (Å²) in [6.07, 6.45) is 5.11. The monoisotopic (exact) mass is 917 g/mol. The third-order valence-electron chi connectivity index (χ3n) is 13.6. The van der Waals surface area contributed by atoms with Crippen LogP contribution in [0, 0.1) is 0 Å². The van der Waals surface area contributed by atoms with Crippen molar-refractivity contribution in [3.8, 4) is 28.5 Å². The van der Waals surface area contributed by atoms with Gasteiger partial charge in [0.05, 0.1) is 22.4 Å². The second-order valence-electron chi connectivity index (χ2n) is 17.2. The molecule has 0 fully saturated rings. The quantitative estimate of drug-likeness (QED) is 0.101. The van der Waals surface area contributed by atoms with Crippen molar-refractivity contribution in [2.45, 2.75) is 0 Å². The van der Waals surface area contributed by atoms with Crippen LogP contribution < -0.4 is 41.5 Å². The number of aromatic nitrogens is 7. The van der Waals surface area contributed by atoms with Crippen LogP contribution in [0.2, 0.25) is 0 Å². The highest BCUT2D eigenvalue weighted by molar-refractivity contribution is 7.20. The summed E-state index contributed by atoms with van der Waals surface area (Å²) in [5.41, 5.74) is 5.97. The lowest BCUT2D eigenvalue weighted by Crippen LogP contribution is -2.74. The number of benzene rings is 8. The van der Waals surface area contributed by atoms with Crippen LogP contribution in [0.15, 0.2) is 261 Å². The van der Waals surface area contributed by atoms with Gasteiger partial charge in [0.2, 0.25) is 0 Å². The molecule has 4 aromatic heterocycles. The maximum absolute atomic E-state index is 4.79. The number of hydrogen-bond acceptors (Lipinski definition) is 6. The van der Waals surface area contributed by atoms with Gasteiger partial charge in [-0.15, -0.1) is 20.4 Å². The van der Waals surface area contributed by atoms with Crippen molar-refractivity contribution in [1.82, 2.24) is 34.9 Å². The van der Waals surface area contributed by atoms with Gasteiger partial charge in [-0.1, -0.05) is 206 Å². The summed E-state index contributed by atoms with van der Waals surface area (Å²) in [7, 11) is -6.14. The minimum absolute atomic E-state index is 0.402. The Labute approximate surface area is 402 Å². The van der Waals surface area contributed by atoms with Gasteiger partial charge in [-0.25, -0.2) is 0 Å². The van der Waals surface area contributed by atoms with Crippen molar-refractivity contribution in [2.24, 2.45) is 0 Å². The van der Waals surface area contributed by atoms with E-state index in [0.29, 0.717) is 5.95 Å². The zero-order valence-corrected chi connectivity index (χ0v) is 39.5. The Balaban J connectivity index is 1.17. The minimum atomic E-state index is -3.07. The Kier molecular flexibility index (Phi) is 10.7. The molecule has 12 rings (SSSR count). The topological polar surface area (TPSA) is 82.3 Å². The van der Waals surface area contributed by atoms with Gasteiger partial charge in [-0.3, -0.25) is 14.5 Å². The lowest BCUT2D eigenvalue weighted by atomic mass is 10.1. The van der Waals surface area contributed by atoms with Crippen LogP contribution in [0.1, 0.15) is 0 Å². The molecule has 0 radical (unpaired) electrons. The van der Waals surface area contributed by atoms with Gasteiger partial charge in [-0.2, -0.15) is 0 Å². The first-order valence-corrected chi connectivity index (χ1v) is 27.1. The van der Waals surface area contributed by atoms with Gasteiger partial charge in [0.25, 0.3) is 5.95 Å². The van der Waals surface area contributed by atoms with Gasteiger partial charge in [0.15, 0.2) is 22.5 Å². The van der Waals surface area contributed by atoms with Crippen LogP contribution in [0.4, 0.5) is 0 Å². The van der Waals surface area contributed by atoms with E-state index in [1.54, 1.807) is 0 Å². The fourth-order valence-corrected chi connectivity index (χ4v) is 20.2. The lowest BCUT2D eigenvalue weighted by Gasteiger charge is -2.35. The largest absolute Gasteiger partial charge is 0.275 e. The minimum Gasteiger partial charge on any atom is -0.275 e. The van der Waals surface area contributed by atoms with Gasteiger partial charge >= 0.3 is 0 Å². The smallest absolute Gasteiger partial charge is 0.273 e. The zero-order valence-electron chi connectivity index (χ0n) is 37.5. The van der Waals surface area contributed by atoms with E-state index in [-0.39, 0.29) is 0 Å². The highest BCUT2D eigenvalue weighted by atomic mass is 28.3. The van der Waals surface area contributed by atoms with Crippen LogP contribution in [-0.4, -0.2) is 51.1 Å². The molecule has 0 atom stereocenters. The molecular weight excluding hydrogens is 875 g/mol. The van der Waals surface area contributed by atoms with E-state index in [0.717, 1.165) is 44.3 Å². The van der Waals surface area contributed by atoms with Gasteiger partial charge in [-0.05, 0) is 77.9 Å². The Morgan fingerprint density at radius 3 is 1.04 bits per heavy atom. The molecule has 69 heavy (non-hydrogen) atoms. The molecule has 7 nitrogen and oxygen atoms in total. The first kappa shape index (κ1) is 41.6. The molecule has 0 aliphatic heterocycles. The molecule has 0 saturated carbocycles. The Hall–Kier alpha value is -8.77. The third kappa shape index (κ3) is 7.11. The van der Waals surface area contributed by atoms with E-state index in [1.165, 1.54) is 47.8 Å². The number of pyridine rings is 2. The number of nitrogens with zero attached hydrogens (tertiary/aromatic N) is 7. The Bertz CT molecular complexity index is 3410. The van der Waals surface area contributed by atoms with Crippen molar-refractivity contribution in [1.29, 1.82) is 0 Å². The maximum Gasteiger partial charge on any atom is 0.273 e. The molecule has 0 bridgehead atoms. The molecule has 0 N–H and O–H groups in total. The number of rotatable bonds is 11. The summed E-state index contributed by atoms with van der Waals surface area (Å²) in [4.78, 5) is 9.57.